The normalized spacial score (nSPS) is 7.03. The van der Waals surface area contributed by atoms with E-state index in [2.05, 4.69) is 14.7 Å². The predicted octanol–water partition coefficient (Wildman–Crippen LogP) is 8.11. The number of hydrogen-bond acceptors (Lipinski definition) is 6. The molecule has 0 unspecified atom stereocenters. The fourth-order valence-electron chi connectivity index (χ4n) is 1.69. The third-order valence-corrected chi connectivity index (χ3v) is 3.00. The fraction of sp³-hybridized carbons (Fsp3) is 0.273. The van der Waals surface area contributed by atoms with Crippen LogP contribution in [0.15, 0.2) is 122 Å². The van der Waals surface area contributed by atoms with Gasteiger partial charge in [-0.2, -0.15) is 0 Å². The van der Waals surface area contributed by atoms with Gasteiger partial charge in [0.2, 0.25) is 0 Å². The molecule has 4 aromatic rings. The molecule has 0 spiro atoms. The van der Waals surface area contributed by atoms with Crippen molar-refractivity contribution in [2.45, 2.75) is 41.5 Å². The van der Waals surface area contributed by atoms with Gasteiger partial charge in [-0.15, -0.1) is 0 Å². The van der Waals surface area contributed by atoms with E-state index in [-0.39, 0.29) is 0 Å². The average molecular weight is 539 g/mol. The van der Waals surface area contributed by atoms with Gasteiger partial charge in [-0.05, 0) is 24.3 Å². The number of aromatic nitrogens is 2. The van der Waals surface area contributed by atoms with Crippen molar-refractivity contribution in [3.05, 3.63) is 133 Å². The molecule has 6 nitrogen and oxygen atoms in total. The van der Waals surface area contributed by atoms with Crippen LogP contribution in [0.5, 0.6) is 0 Å². The maximum Gasteiger partial charge on any atom is 0.150 e. The number of rotatable bonds is 2. The molecule has 0 radical (unpaired) electrons. The van der Waals surface area contributed by atoms with E-state index < -0.39 is 0 Å². The smallest absolute Gasteiger partial charge is 0.150 e. The lowest BCUT2D eigenvalue weighted by Gasteiger charge is -1.81. The van der Waals surface area contributed by atoms with Crippen molar-refractivity contribution in [1.29, 1.82) is 0 Å². The minimum atomic E-state index is 0.729. The van der Waals surface area contributed by atoms with Crippen LogP contribution in [-0.2, 0) is 4.74 Å². The van der Waals surface area contributed by atoms with Gasteiger partial charge in [0, 0.05) is 57.2 Å². The molecule has 39 heavy (non-hydrogen) atoms. The lowest BCUT2D eigenvalue weighted by molar-refractivity contribution is 0.111. The van der Waals surface area contributed by atoms with E-state index in [1.165, 1.54) is 0 Å². The highest BCUT2D eigenvalue weighted by molar-refractivity contribution is 5.74. The van der Waals surface area contributed by atoms with E-state index >= 15 is 0 Å². The van der Waals surface area contributed by atoms with Crippen LogP contribution in [0, 0.1) is 0 Å². The zero-order valence-electron chi connectivity index (χ0n) is 25.3. The summed E-state index contributed by atoms with van der Waals surface area (Å²) >= 11 is 0. The Morgan fingerprint density at radius 3 is 0.795 bits per heavy atom. The summed E-state index contributed by atoms with van der Waals surface area (Å²) in [5.41, 5.74) is 1.46. The summed E-state index contributed by atoms with van der Waals surface area (Å²) in [5, 5.41) is 7.00. The summed E-state index contributed by atoms with van der Waals surface area (Å²) in [6, 6.07) is 29.6. The molecule has 0 saturated carbocycles. The molecule has 0 fully saturated rings. The Balaban J connectivity index is -0.000000118. The molecule has 1 N–H and O–H groups in total. The van der Waals surface area contributed by atoms with Gasteiger partial charge in [-0.3, -0.25) is 19.6 Å². The van der Waals surface area contributed by atoms with Crippen molar-refractivity contribution in [2.75, 3.05) is 21.3 Å². The molecule has 2 aromatic carbocycles. The van der Waals surface area contributed by atoms with E-state index in [1.807, 2.05) is 114 Å². The van der Waals surface area contributed by atoms with E-state index in [4.69, 9.17) is 5.11 Å². The van der Waals surface area contributed by atoms with Crippen LogP contribution in [0.4, 0.5) is 0 Å². The summed E-state index contributed by atoms with van der Waals surface area (Å²) in [6.45, 7) is 12.0. The topological polar surface area (TPSA) is 89.4 Å². The van der Waals surface area contributed by atoms with Crippen LogP contribution in [0.2, 0.25) is 0 Å². The molecule has 216 valence electrons. The van der Waals surface area contributed by atoms with Crippen LogP contribution in [0.1, 0.15) is 62.3 Å². The standard InChI is InChI=1S/2C7H6O.2C5H5N.C2H6O.3C2H6.CH4O/c2*8-6-7-4-2-1-3-5-7;2*1-2-4-6-5-3-1;1-3-2;4*1-2/h2*1-6H;2*1-5H;1-2H3;3*1-2H3;2H,1H3. The highest BCUT2D eigenvalue weighted by Gasteiger charge is 1.80. The zero-order valence-corrected chi connectivity index (χ0v) is 25.3. The number of methoxy groups -OCH3 is 1. The van der Waals surface area contributed by atoms with Gasteiger partial charge in [0.05, 0.1) is 0 Å². The van der Waals surface area contributed by atoms with Crippen molar-refractivity contribution in [2.24, 2.45) is 0 Å². The summed E-state index contributed by atoms with van der Waals surface area (Å²) in [7, 11) is 4.25. The van der Waals surface area contributed by atoms with Gasteiger partial charge in [0.15, 0.2) is 0 Å². The molecule has 4 rings (SSSR count). The van der Waals surface area contributed by atoms with Crippen molar-refractivity contribution >= 4 is 12.6 Å². The summed E-state index contributed by atoms with van der Waals surface area (Å²) in [5.74, 6) is 0. The second-order valence-corrected chi connectivity index (χ2v) is 5.51. The first-order valence-electron chi connectivity index (χ1n) is 12.8. The molecule has 0 aliphatic heterocycles. The Hall–Kier alpha value is -4.00. The number of pyridine rings is 2. The van der Waals surface area contributed by atoms with Crippen LogP contribution in [0.25, 0.3) is 0 Å². The lowest BCUT2D eigenvalue weighted by Crippen LogP contribution is -1.73. The van der Waals surface area contributed by atoms with Gasteiger partial charge in [-0.25, -0.2) is 0 Å². The number of aldehydes is 2. The molecular weight excluding hydrogens is 488 g/mol. The van der Waals surface area contributed by atoms with Gasteiger partial charge < -0.3 is 9.84 Å². The van der Waals surface area contributed by atoms with Crippen LogP contribution in [0.3, 0.4) is 0 Å². The molecule has 2 aromatic heterocycles. The quantitative estimate of drug-likeness (QED) is 0.259. The van der Waals surface area contributed by atoms with Gasteiger partial charge in [0.25, 0.3) is 0 Å². The molecular formula is C33H50N2O4. The first-order chi connectivity index (χ1) is 19.3. The van der Waals surface area contributed by atoms with Gasteiger partial charge in [0.1, 0.15) is 12.6 Å². The van der Waals surface area contributed by atoms with E-state index in [1.54, 1.807) is 63.3 Å². The monoisotopic (exact) mass is 538 g/mol. The maximum absolute atomic E-state index is 10.0. The number of ether oxygens (including phenoxy) is 1. The summed E-state index contributed by atoms with van der Waals surface area (Å²) in [6.07, 6.45) is 8.67. The Bertz CT molecular complexity index is 736. The average Bonchev–Trinajstić information content (AvgIpc) is 3.08. The van der Waals surface area contributed by atoms with Crippen molar-refractivity contribution in [3.63, 3.8) is 0 Å². The summed E-state index contributed by atoms with van der Waals surface area (Å²) in [4.78, 5) is 27.6. The molecule has 0 aliphatic carbocycles. The number of benzene rings is 2. The fourth-order valence-corrected chi connectivity index (χ4v) is 1.69. The number of aliphatic hydroxyl groups is 1. The highest BCUT2D eigenvalue weighted by Crippen LogP contribution is 1.92. The molecule has 2 heterocycles. The Labute approximate surface area is 237 Å². The molecule has 0 atom stereocenters. The number of carbonyl (C=O) groups is 2. The largest absolute Gasteiger partial charge is 0.400 e. The second kappa shape index (κ2) is 50.8. The van der Waals surface area contributed by atoms with Gasteiger partial charge >= 0.3 is 0 Å². The maximum atomic E-state index is 10.0. The molecule has 0 aliphatic rings. The van der Waals surface area contributed by atoms with Crippen LogP contribution in [-0.4, -0.2) is 49.0 Å². The first-order valence-corrected chi connectivity index (χ1v) is 12.8. The van der Waals surface area contributed by atoms with E-state index in [0.29, 0.717) is 0 Å². The van der Waals surface area contributed by atoms with Crippen molar-refractivity contribution < 1.29 is 19.4 Å². The van der Waals surface area contributed by atoms with E-state index in [9.17, 15) is 9.59 Å². The van der Waals surface area contributed by atoms with Gasteiger partial charge in [-0.1, -0.05) is 114 Å². The molecule has 0 bridgehead atoms. The number of aliphatic hydroxyl groups excluding tert-OH is 1. The first kappa shape index (κ1) is 45.0. The van der Waals surface area contributed by atoms with E-state index in [0.717, 1.165) is 30.8 Å². The minimum Gasteiger partial charge on any atom is -0.400 e. The minimum absolute atomic E-state index is 0.729. The molecule has 6 heteroatoms. The third-order valence-electron chi connectivity index (χ3n) is 3.00. The zero-order chi connectivity index (χ0) is 30.8. The predicted molar refractivity (Wildman–Crippen MR) is 167 cm³/mol. The molecule has 0 saturated heterocycles. The van der Waals surface area contributed by atoms with Crippen LogP contribution < -0.4 is 0 Å². The lowest BCUT2D eigenvalue weighted by atomic mass is 10.2. The second-order valence-electron chi connectivity index (χ2n) is 5.51. The summed E-state index contributed by atoms with van der Waals surface area (Å²) < 4.78 is 4.25. The van der Waals surface area contributed by atoms with Crippen molar-refractivity contribution in [3.8, 4) is 0 Å². The third kappa shape index (κ3) is 44.4. The van der Waals surface area contributed by atoms with Crippen LogP contribution >= 0.6 is 0 Å². The Morgan fingerprint density at radius 1 is 0.487 bits per heavy atom. The number of hydrogen-bond donors (Lipinski definition) is 1. The number of nitrogens with zero attached hydrogens (tertiary/aromatic N) is 2. The number of carbonyl (C=O) groups excluding carboxylic acids is 2. The SMILES string of the molecule is CC.CC.CC.CO.COC.O=Cc1ccccc1.O=Cc1ccccc1.c1ccncc1.c1ccncc1. The Kier molecular flexibility index (Phi) is 58.5. The molecule has 0 amide bonds. The highest BCUT2D eigenvalue weighted by atomic mass is 16.4. The Morgan fingerprint density at radius 2 is 0.692 bits per heavy atom. The van der Waals surface area contributed by atoms with Crippen molar-refractivity contribution in [1.82, 2.24) is 9.97 Å².